The van der Waals surface area contributed by atoms with Crippen LogP contribution in [0.1, 0.15) is 62.9 Å². The highest BCUT2D eigenvalue weighted by atomic mass is 79.9. The minimum atomic E-state index is -0.0358. The average Bonchev–Trinajstić information content (AvgIpc) is 3.60. The van der Waals surface area contributed by atoms with Crippen LogP contribution in [0.25, 0.3) is 11.2 Å². The fraction of sp³-hybridized carbons (Fsp3) is 0.519. The lowest BCUT2D eigenvalue weighted by Crippen LogP contribution is -2.29. The van der Waals surface area contributed by atoms with Gasteiger partial charge in [-0.25, -0.2) is 4.98 Å². The normalized spacial score (nSPS) is 23.1. The van der Waals surface area contributed by atoms with Gasteiger partial charge in [0.1, 0.15) is 0 Å². The highest BCUT2D eigenvalue weighted by molar-refractivity contribution is 9.10. The van der Waals surface area contributed by atoms with Gasteiger partial charge in [-0.3, -0.25) is 0 Å². The first-order chi connectivity index (χ1) is 17.5. The number of ether oxygens (including phenoxy) is 1. The molecule has 0 amide bonds. The van der Waals surface area contributed by atoms with Crippen LogP contribution in [0, 0.1) is 24.7 Å². The standard InChI is InChI=1S/C27H32BrN5O2S/c1-15(2)18-14-36-25-22(21-13-33-10-4-5-19(28)26(33)30-21)23(27-32-31-16(3)35-27)20(29-24(18)25)7-6-17-8-11-34-12-9-17/h4-5,10,13,15,17-18,22,29H,6-9,11-12,14H2,1-3H3. The third kappa shape index (κ3) is 4.43. The summed E-state index contributed by atoms with van der Waals surface area (Å²) in [6.07, 6.45) is 8.53. The number of pyridine rings is 1. The van der Waals surface area contributed by atoms with Crippen LogP contribution in [0.5, 0.6) is 0 Å². The quantitative estimate of drug-likeness (QED) is 0.372. The largest absolute Gasteiger partial charge is 0.421 e. The summed E-state index contributed by atoms with van der Waals surface area (Å²) in [4.78, 5) is 6.48. The van der Waals surface area contributed by atoms with Crippen molar-refractivity contribution in [3.05, 3.63) is 62.8 Å². The van der Waals surface area contributed by atoms with Gasteiger partial charge < -0.3 is 18.9 Å². The number of halogens is 1. The fourth-order valence-electron chi connectivity index (χ4n) is 5.64. The summed E-state index contributed by atoms with van der Waals surface area (Å²) in [6.45, 7) is 8.24. The molecule has 0 aromatic carbocycles. The summed E-state index contributed by atoms with van der Waals surface area (Å²) in [5, 5.41) is 12.7. The number of fused-ring (bicyclic) bond motifs is 1. The molecular weight excluding hydrogens is 538 g/mol. The molecule has 6 heterocycles. The van der Waals surface area contributed by atoms with Crippen molar-refractivity contribution in [3.63, 3.8) is 0 Å². The zero-order valence-corrected chi connectivity index (χ0v) is 23.4. The van der Waals surface area contributed by atoms with Gasteiger partial charge in [-0.15, -0.1) is 22.0 Å². The van der Waals surface area contributed by atoms with Gasteiger partial charge in [0.25, 0.3) is 0 Å². The van der Waals surface area contributed by atoms with E-state index in [2.05, 4.69) is 62.1 Å². The fourth-order valence-corrected chi connectivity index (χ4v) is 7.76. The molecule has 2 unspecified atom stereocenters. The van der Waals surface area contributed by atoms with Gasteiger partial charge in [0.2, 0.25) is 11.8 Å². The molecule has 2 atom stereocenters. The van der Waals surface area contributed by atoms with Gasteiger partial charge in [0.15, 0.2) is 5.65 Å². The van der Waals surface area contributed by atoms with E-state index in [-0.39, 0.29) is 5.92 Å². The molecule has 3 aromatic heterocycles. The Hall–Kier alpha value is -2.10. The van der Waals surface area contributed by atoms with Gasteiger partial charge >= 0.3 is 0 Å². The zero-order valence-electron chi connectivity index (χ0n) is 21.0. The molecule has 6 rings (SSSR count). The maximum Gasteiger partial charge on any atom is 0.246 e. The van der Waals surface area contributed by atoms with Gasteiger partial charge in [0.05, 0.1) is 16.1 Å². The van der Waals surface area contributed by atoms with Gasteiger partial charge in [-0.2, -0.15) is 0 Å². The molecule has 1 saturated heterocycles. The Morgan fingerprint density at radius 2 is 2.08 bits per heavy atom. The number of nitrogens with zero attached hydrogens (tertiary/aromatic N) is 4. The second kappa shape index (κ2) is 9.99. The third-order valence-corrected chi connectivity index (χ3v) is 9.58. The molecule has 190 valence electrons. The Morgan fingerprint density at radius 1 is 1.25 bits per heavy atom. The maximum atomic E-state index is 6.10. The maximum absolute atomic E-state index is 6.10. The number of hydrogen-bond acceptors (Lipinski definition) is 7. The second-order valence-electron chi connectivity index (χ2n) is 10.4. The number of rotatable bonds is 6. The Morgan fingerprint density at radius 3 is 2.81 bits per heavy atom. The lowest BCUT2D eigenvalue weighted by atomic mass is 9.83. The van der Waals surface area contributed by atoms with Gasteiger partial charge in [-0.1, -0.05) is 13.8 Å². The second-order valence-corrected chi connectivity index (χ2v) is 12.3. The van der Waals surface area contributed by atoms with Crippen LogP contribution < -0.4 is 5.32 Å². The molecule has 3 aromatic rings. The van der Waals surface area contributed by atoms with Crippen molar-refractivity contribution >= 4 is 38.9 Å². The van der Waals surface area contributed by atoms with Crippen molar-refractivity contribution in [3.8, 4) is 0 Å². The lowest BCUT2D eigenvalue weighted by molar-refractivity contribution is 0.0639. The smallest absolute Gasteiger partial charge is 0.246 e. The Labute approximate surface area is 224 Å². The first-order valence-corrected chi connectivity index (χ1v) is 14.7. The number of allylic oxidation sites excluding steroid dienone is 4. The number of hydrogen-bond donors (Lipinski definition) is 1. The van der Waals surface area contributed by atoms with E-state index in [0.29, 0.717) is 29.5 Å². The van der Waals surface area contributed by atoms with Crippen molar-refractivity contribution in [2.75, 3.05) is 19.0 Å². The van der Waals surface area contributed by atoms with Crippen molar-refractivity contribution in [2.24, 2.45) is 17.8 Å². The van der Waals surface area contributed by atoms with Crippen LogP contribution in [0.15, 0.2) is 49.7 Å². The highest BCUT2D eigenvalue weighted by Gasteiger charge is 2.42. The minimum absolute atomic E-state index is 0.0358. The summed E-state index contributed by atoms with van der Waals surface area (Å²) in [5.41, 5.74) is 5.58. The summed E-state index contributed by atoms with van der Waals surface area (Å²) in [5.74, 6) is 3.94. The summed E-state index contributed by atoms with van der Waals surface area (Å²) >= 11 is 5.64. The van der Waals surface area contributed by atoms with Crippen LogP contribution >= 0.6 is 27.7 Å². The molecule has 9 heteroatoms. The zero-order chi connectivity index (χ0) is 24.8. The number of thioether (sulfide) groups is 1. The van der Waals surface area contributed by atoms with Crippen LogP contribution in [0.3, 0.4) is 0 Å². The first-order valence-electron chi connectivity index (χ1n) is 12.9. The Balaban J connectivity index is 1.49. The molecular formula is C27H32BrN5O2S. The van der Waals surface area contributed by atoms with Crippen LogP contribution in [-0.4, -0.2) is 38.5 Å². The molecule has 0 bridgehead atoms. The van der Waals surface area contributed by atoms with E-state index in [1.807, 2.05) is 30.8 Å². The predicted molar refractivity (Wildman–Crippen MR) is 145 cm³/mol. The van der Waals surface area contributed by atoms with E-state index < -0.39 is 0 Å². The first kappa shape index (κ1) is 24.2. The number of dihydropyridines is 1. The molecule has 1 N–H and O–H groups in total. The molecule has 0 spiro atoms. The van der Waals surface area contributed by atoms with Crippen LogP contribution in [0.4, 0.5) is 0 Å². The SMILES string of the molecule is Cc1nnc(C2=C(CCC3CCOCC3)NC3=C(SCC3C(C)C)C2c2cn3cccc(Br)c3n2)o1. The van der Waals surface area contributed by atoms with Crippen molar-refractivity contribution in [2.45, 2.75) is 52.4 Å². The molecule has 0 radical (unpaired) electrons. The van der Waals surface area contributed by atoms with E-state index in [1.54, 1.807) is 0 Å². The Bertz CT molecular complexity index is 1340. The van der Waals surface area contributed by atoms with Crippen molar-refractivity contribution in [1.29, 1.82) is 0 Å². The summed E-state index contributed by atoms with van der Waals surface area (Å²) in [7, 11) is 0. The molecule has 3 aliphatic rings. The monoisotopic (exact) mass is 569 g/mol. The van der Waals surface area contributed by atoms with E-state index >= 15 is 0 Å². The summed E-state index contributed by atoms with van der Waals surface area (Å²) in [6, 6.07) is 4.07. The molecule has 3 aliphatic heterocycles. The minimum Gasteiger partial charge on any atom is -0.421 e. The van der Waals surface area contributed by atoms with Crippen LogP contribution in [-0.2, 0) is 4.74 Å². The third-order valence-electron chi connectivity index (χ3n) is 7.67. The number of nitrogens with one attached hydrogen (secondary N) is 1. The molecule has 36 heavy (non-hydrogen) atoms. The predicted octanol–water partition coefficient (Wildman–Crippen LogP) is 6.32. The van der Waals surface area contributed by atoms with Gasteiger partial charge in [0, 0.05) is 66.1 Å². The molecule has 0 saturated carbocycles. The number of aromatic nitrogens is 4. The summed E-state index contributed by atoms with van der Waals surface area (Å²) < 4.78 is 14.8. The van der Waals surface area contributed by atoms with E-state index in [1.165, 1.54) is 16.3 Å². The lowest BCUT2D eigenvalue weighted by Gasteiger charge is -2.32. The van der Waals surface area contributed by atoms with Gasteiger partial charge in [-0.05, 0) is 65.6 Å². The molecule has 0 aliphatic carbocycles. The van der Waals surface area contributed by atoms with E-state index in [0.717, 1.165) is 66.0 Å². The van der Waals surface area contributed by atoms with E-state index in [4.69, 9.17) is 14.1 Å². The molecule has 7 nitrogen and oxygen atoms in total. The van der Waals surface area contributed by atoms with E-state index in [9.17, 15) is 0 Å². The molecule has 1 fully saturated rings. The number of aryl methyl sites for hydroxylation is 1. The average molecular weight is 571 g/mol. The number of imidazole rings is 1. The highest BCUT2D eigenvalue weighted by Crippen LogP contribution is 2.54. The van der Waals surface area contributed by atoms with Crippen molar-refractivity contribution < 1.29 is 9.15 Å². The Kier molecular flexibility index (Phi) is 6.73. The van der Waals surface area contributed by atoms with Crippen molar-refractivity contribution in [1.82, 2.24) is 24.9 Å². The van der Waals surface area contributed by atoms with Crippen LogP contribution in [0.2, 0.25) is 0 Å². The topological polar surface area (TPSA) is 77.5 Å².